The van der Waals surface area contributed by atoms with Crippen LogP contribution >= 0.6 is 0 Å². The first-order chi connectivity index (χ1) is 15.7. The maximum absolute atomic E-state index is 13.1. The SMILES string of the molecule is Cc1ccc(C)c(N2C(=O)c3ccc(C(=O)OCC(=O)N4CC(C)OC(C)C4)cc3C2=O)c1. The van der Waals surface area contributed by atoms with Crippen LogP contribution in [0.2, 0.25) is 0 Å². The molecule has 1 saturated heterocycles. The van der Waals surface area contributed by atoms with Crippen molar-refractivity contribution in [2.24, 2.45) is 0 Å². The van der Waals surface area contributed by atoms with Gasteiger partial charge in [0.25, 0.3) is 17.7 Å². The molecule has 2 aromatic rings. The van der Waals surface area contributed by atoms with Gasteiger partial charge in [0.2, 0.25) is 0 Å². The van der Waals surface area contributed by atoms with E-state index in [9.17, 15) is 19.2 Å². The number of ether oxygens (including phenoxy) is 2. The molecule has 1 fully saturated rings. The summed E-state index contributed by atoms with van der Waals surface area (Å²) in [5.74, 6) is -1.97. The molecule has 0 radical (unpaired) electrons. The van der Waals surface area contributed by atoms with Crippen molar-refractivity contribution in [1.29, 1.82) is 0 Å². The molecule has 0 bridgehead atoms. The molecule has 8 heteroatoms. The summed E-state index contributed by atoms with van der Waals surface area (Å²) < 4.78 is 10.8. The van der Waals surface area contributed by atoms with E-state index in [0.717, 1.165) is 16.0 Å². The second-order valence-electron chi connectivity index (χ2n) is 8.63. The van der Waals surface area contributed by atoms with Crippen LogP contribution in [0.5, 0.6) is 0 Å². The van der Waals surface area contributed by atoms with Gasteiger partial charge < -0.3 is 14.4 Å². The monoisotopic (exact) mass is 450 g/mol. The summed E-state index contributed by atoms with van der Waals surface area (Å²) in [6.45, 7) is 7.94. The highest BCUT2D eigenvalue weighted by Gasteiger charge is 2.38. The molecule has 2 aliphatic rings. The number of nitrogens with zero attached hydrogens (tertiary/aromatic N) is 2. The predicted molar refractivity (Wildman–Crippen MR) is 120 cm³/mol. The van der Waals surface area contributed by atoms with Crippen molar-refractivity contribution < 1.29 is 28.7 Å². The molecule has 0 N–H and O–H groups in total. The van der Waals surface area contributed by atoms with Crippen LogP contribution in [0.15, 0.2) is 36.4 Å². The number of amides is 3. The summed E-state index contributed by atoms with van der Waals surface area (Å²) in [7, 11) is 0. The Morgan fingerprint density at radius 2 is 1.64 bits per heavy atom. The number of hydrogen-bond acceptors (Lipinski definition) is 6. The van der Waals surface area contributed by atoms with Crippen LogP contribution in [-0.4, -0.2) is 60.5 Å². The molecule has 2 aromatic carbocycles. The second-order valence-corrected chi connectivity index (χ2v) is 8.63. The van der Waals surface area contributed by atoms with Gasteiger partial charge in [0.05, 0.1) is 34.6 Å². The minimum absolute atomic E-state index is 0.0892. The first-order valence-corrected chi connectivity index (χ1v) is 10.9. The highest BCUT2D eigenvalue weighted by molar-refractivity contribution is 6.35. The van der Waals surface area contributed by atoms with Gasteiger partial charge in [0.15, 0.2) is 6.61 Å². The lowest BCUT2D eigenvalue weighted by molar-refractivity contribution is -0.146. The molecule has 0 spiro atoms. The fourth-order valence-electron chi connectivity index (χ4n) is 4.23. The summed E-state index contributed by atoms with van der Waals surface area (Å²) in [6, 6.07) is 9.78. The first kappa shape index (κ1) is 22.7. The Morgan fingerprint density at radius 3 is 2.33 bits per heavy atom. The van der Waals surface area contributed by atoms with E-state index in [1.807, 2.05) is 39.8 Å². The zero-order valence-electron chi connectivity index (χ0n) is 19.1. The number of morpholine rings is 1. The number of rotatable bonds is 4. The molecule has 172 valence electrons. The predicted octanol–water partition coefficient (Wildman–Crippen LogP) is 2.90. The smallest absolute Gasteiger partial charge is 0.338 e. The number of carbonyl (C=O) groups is 4. The van der Waals surface area contributed by atoms with Gasteiger partial charge in [-0.05, 0) is 63.1 Å². The van der Waals surface area contributed by atoms with Gasteiger partial charge in [0.1, 0.15) is 0 Å². The summed E-state index contributed by atoms with van der Waals surface area (Å²) in [5.41, 5.74) is 2.70. The summed E-state index contributed by atoms with van der Waals surface area (Å²) in [4.78, 5) is 53.8. The third kappa shape index (κ3) is 4.39. The van der Waals surface area contributed by atoms with E-state index < -0.39 is 24.4 Å². The van der Waals surface area contributed by atoms with E-state index >= 15 is 0 Å². The van der Waals surface area contributed by atoms with Crippen molar-refractivity contribution in [3.05, 3.63) is 64.2 Å². The van der Waals surface area contributed by atoms with Crippen LogP contribution in [0.25, 0.3) is 0 Å². The van der Waals surface area contributed by atoms with Gasteiger partial charge in [-0.3, -0.25) is 14.4 Å². The van der Waals surface area contributed by atoms with Gasteiger partial charge in [-0.1, -0.05) is 12.1 Å². The zero-order valence-corrected chi connectivity index (χ0v) is 19.1. The molecule has 33 heavy (non-hydrogen) atoms. The molecule has 2 unspecified atom stereocenters. The van der Waals surface area contributed by atoms with E-state index in [-0.39, 0.29) is 34.8 Å². The highest BCUT2D eigenvalue weighted by Crippen LogP contribution is 2.32. The van der Waals surface area contributed by atoms with Crippen molar-refractivity contribution in [2.75, 3.05) is 24.6 Å². The number of aryl methyl sites for hydroxylation is 2. The lowest BCUT2D eigenvalue weighted by Crippen LogP contribution is -2.49. The second kappa shape index (κ2) is 8.78. The molecule has 3 amide bonds. The fourth-order valence-corrected chi connectivity index (χ4v) is 4.23. The van der Waals surface area contributed by atoms with Crippen molar-refractivity contribution in [3.63, 3.8) is 0 Å². The Balaban J connectivity index is 1.48. The number of esters is 1. The zero-order chi connectivity index (χ0) is 23.9. The molecule has 2 heterocycles. The molecule has 4 rings (SSSR count). The van der Waals surface area contributed by atoms with Crippen LogP contribution in [0, 0.1) is 13.8 Å². The van der Waals surface area contributed by atoms with Crippen molar-refractivity contribution in [3.8, 4) is 0 Å². The van der Waals surface area contributed by atoms with E-state index in [4.69, 9.17) is 9.47 Å². The molecule has 0 aliphatic carbocycles. The van der Waals surface area contributed by atoms with Gasteiger partial charge >= 0.3 is 5.97 Å². The van der Waals surface area contributed by atoms with Crippen LogP contribution in [-0.2, 0) is 14.3 Å². The van der Waals surface area contributed by atoms with Crippen LogP contribution in [0.3, 0.4) is 0 Å². The summed E-state index contributed by atoms with van der Waals surface area (Å²) in [6.07, 6.45) is -0.178. The van der Waals surface area contributed by atoms with Crippen LogP contribution < -0.4 is 4.90 Å². The Kier molecular flexibility index (Phi) is 6.03. The lowest BCUT2D eigenvalue weighted by atomic mass is 10.1. The average Bonchev–Trinajstić information content (AvgIpc) is 3.02. The standard InChI is InChI=1S/C25H26N2O6/c1-14-5-6-15(2)21(9-14)27-23(29)19-8-7-18(10-20(19)24(27)30)25(31)32-13-22(28)26-11-16(3)33-17(4)12-26/h5-10,16-17H,11-13H2,1-4H3. The Hall–Kier alpha value is -3.52. The Labute approximate surface area is 192 Å². The van der Waals surface area contributed by atoms with E-state index in [0.29, 0.717) is 18.8 Å². The fraction of sp³-hybridized carbons (Fsp3) is 0.360. The summed E-state index contributed by atoms with van der Waals surface area (Å²) in [5, 5.41) is 0. The first-order valence-electron chi connectivity index (χ1n) is 10.9. The van der Waals surface area contributed by atoms with Gasteiger partial charge in [0, 0.05) is 13.1 Å². The number of carbonyl (C=O) groups excluding carboxylic acids is 4. The normalized spacial score (nSPS) is 20.1. The maximum Gasteiger partial charge on any atom is 0.338 e. The molecule has 2 atom stereocenters. The number of fused-ring (bicyclic) bond motifs is 1. The maximum atomic E-state index is 13.1. The van der Waals surface area contributed by atoms with E-state index in [1.54, 1.807) is 11.0 Å². The highest BCUT2D eigenvalue weighted by atomic mass is 16.5. The van der Waals surface area contributed by atoms with Crippen LogP contribution in [0.1, 0.15) is 56.0 Å². The number of imide groups is 1. The van der Waals surface area contributed by atoms with Gasteiger partial charge in [-0.15, -0.1) is 0 Å². The van der Waals surface area contributed by atoms with Crippen molar-refractivity contribution in [2.45, 2.75) is 39.9 Å². The molecular formula is C25H26N2O6. The molecule has 2 aliphatic heterocycles. The summed E-state index contributed by atoms with van der Waals surface area (Å²) >= 11 is 0. The third-order valence-corrected chi connectivity index (χ3v) is 5.83. The third-order valence-electron chi connectivity index (χ3n) is 5.83. The van der Waals surface area contributed by atoms with E-state index in [2.05, 4.69) is 0 Å². The molecule has 0 saturated carbocycles. The van der Waals surface area contributed by atoms with Gasteiger partial charge in [-0.25, -0.2) is 9.69 Å². The molecule has 8 nitrogen and oxygen atoms in total. The lowest BCUT2D eigenvalue weighted by Gasteiger charge is -2.35. The van der Waals surface area contributed by atoms with E-state index in [1.165, 1.54) is 18.2 Å². The number of benzene rings is 2. The molecule has 0 aromatic heterocycles. The Morgan fingerprint density at radius 1 is 0.970 bits per heavy atom. The van der Waals surface area contributed by atoms with Gasteiger partial charge in [-0.2, -0.15) is 0 Å². The Bertz CT molecular complexity index is 1150. The van der Waals surface area contributed by atoms with Crippen molar-refractivity contribution >= 4 is 29.4 Å². The van der Waals surface area contributed by atoms with Crippen LogP contribution in [0.4, 0.5) is 5.69 Å². The average molecular weight is 450 g/mol. The largest absolute Gasteiger partial charge is 0.452 e. The minimum Gasteiger partial charge on any atom is -0.452 e. The topological polar surface area (TPSA) is 93.2 Å². The quantitative estimate of drug-likeness (QED) is 0.525. The minimum atomic E-state index is -0.731. The molecular weight excluding hydrogens is 424 g/mol. The number of hydrogen-bond donors (Lipinski definition) is 0. The number of anilines is 1. The van der Waals surface area contributed by atoms with Crippen molar-refractivity contribution in [1.82, 2.24) is 4.90 Å².